The van der Waals surface area contributed by atoms with Gasteiger partial charge in [-0.2, -0.15) is 0 Å². The van der Waals surface area contributed by atoms with Crippen LogP contribution in [0.15, 0.2) is 36.5 Å². The maximum absolute atomic E-state index is 10.2. The quantitative estimate of drug-likeness (QED) is 0.226. The molecule has 0 saturated heterocycles. The normalized spacial score (nSPS) is 12.1. The molecule has 108 valence electrons. The number of allylic oxidation sites excluding steroid dienone is 5. The zero-order chi connectivity index (χ0) is 14.2. The van der Waals surface area contributed by atoms with Crippen molar-refractivity contribution in [2.75, 3.05) is 0 Å². The molecule has 0 aliphatic carbocycles. The van der Waals surface area contributed by atoms with E-state index in [4.69, 9.17) is 5.11 Å². The Labute approximate surface area is 117 Å². The van der Waals surface area contributed by atoms with Gasteiger partial charge in [-0.15, -0.1) is 0 Å². The van der Waals surface area contributed by atoms with Crippen molar-refractivity contribution in [2.24, 2.45) is 0 Å². The van der Waals surface area contributed by atoms with Crippen LogP contribution < -0.4 is 0 Å². The van der Waals surface area contributed by atoms with Crippen molar-refractivity contribution in [1.29, 1.82) is 0 Å². The highest BCUT2D eigenvalue weighted by Gasteiger charge is 1.87. The number of hydrogen-bond acceptors (Lipinski definition) is 1. The zero-order valence-electron chi connectivity index (χ0n) is 12.2. The monoisotopic (exact) mass is 264 g/mol. The van der Waals surface area contributed by atoms with Crippen LogP contribution in [0.1, 0.15) is 64.7 Å². The third kappa shape index (κ3) is 16.7. The van der Waals surface area contributed by atoms with Crippen LogP contribution >= 0.6 is 0 Å². The van der Waals surface area contributed by atoms with Gasteiger partial charge in [-0.1, -0.05) is 69.4 Å². The maximum atomic E-state index is 10.2. The van der Waals surface area contributed by atoms with E-state index in [0.29, 0.717) is 0 Å². The molecule has 0 atom stereocenters. The molecule has 0 aliphatic heterocycles. The van der Waals surface area contributed by atoms with Crippen LogP contribution in [0.3, 0.4) is 0 Å². The third-order valence-corrected chi connectivity index (χ3v) is 2.88. The lowest BCUT2D eigenvalue weighted by Gasteiger charge is -1.97. The molecule has 0 radical (unpaired) electrons. The Bertz CT molecular complexity index is 288. The first-order valence-electron chi connectivity index (χ1n) is 7.48. The minimum absolute atomic E-state index is 0.900. The lowest BCUT2D eigenvalue weighted by atomic mass is 10.1. The molecule has 0 saturated carbocycles. The highest BCUT2D eigenvalue weighted by atomic mass is 16.4. The molecule has 0 amide bonds. The molecular weight excluding hydrogens is 236 g/mol. The Morgan fingerprint density at radius 2 is 1.47 bits per heavy atom. The number of rotatable bonds is 12. The Morgan fingerprint density at radius 1 is 0.842 bits per heavy atom. The van der Waals surface area contributed by atoms with E-state index in [1.807, 2.05) is 6.08 Å². The van der Waals surface area contributed by atoms with Gasteiger partial charge < -0.3 is 5.11 Å². The lowest BCUT2D eigenvalue weighted by Crippen LogP contribution is -1.84. The second-order valence-electron chi connectivity index (χ2n) is 4.73. The fourth-order valence-corrected chi connectivity index (χ4v) is 1.78. The van der Waals surface area contributed by atoms with Gasteiger partial charge in [0.1, 0.15) is 0 Å². The number of unbranched alkanes of at least 4 members (excludes halogenated alkanes) is 7. The average molecular weight is 264 g/mol. The SMILES string of the molecule is CCCCCCCCC=CCCC=CC=CC(=O)O. The second-order valence-corrected chi connectivity index (χ2v) is 4.73. The first kappa shape index (κ1) is 17.7. The summed E-state index contributed by atoms with van der Waals surface area (Å²) in [5.74, 6) is -0.900. The highest BCUT2D eigenvalue weighted by molar-refractivity contribution is 5.80. The number of carboxylic acid groups (broad SMARTS) is 1. The van der Waals surface area contributed by atoms with E-state index in [2.05, 4.69) is 19.1 Å². The van der Waals surface area contributed by atoms with Gasteiger partial charge in [0.15, 0.2) is 0 Å². The largest absolute Gasteiger partial charge is 0.478 e. The van der Waals surface area contributed by atoms with Crippen LogP contribution in [0.2, 0.25) is 0 Å². The van der Waals surface area contributed by atoms with Crippen molar-refractivity contribution in [2.45, 2.75) is 64.7 Å². The minimum Gasteiger partial charge on any atom is -0.478 e. The Morgan fingerprint density at radius 3 is 2.21 bits per heavy atom. The van der Waals surface area contributed by atoms with E-state index in [-0.39, 0.29) is 0 Å². The van der Waals surface area contributed by atoms with Crippen molar-refractivity contribution in [3.8, 4) is 0 Å². The summed E-state index contributed by atoms with van der Waals surface area (Å²) in [6.45, 7) is 2.24. The maximum Gasteiger partial charge on any atom is 0.328 e. The third-order valence-electron chi connectivity index (χ3n) is 2.88. The van der Waals surface area contributed by atoms with Crippen molar-refractivity contribution in [1.82, 2.24) is 0 Å². The molecule has 0 fully saturated rings. The molecule has 0 aromatic rings. The lowest BCUT2D eigenvalue weighted by molar-refractivity contribution is -0.131. The topological polar surface area (TPSA) is 37.3 Å². The second kappa shape index (κ2) is 14.7. The molecule has 0 spiro atoms. The van der Waals surface area contributed by atoms with Crippen molar-refractivity contribution < 1.29 is 9.90 Å². The van der Waals surface area contributed by atoms with Gasteiger partial charge in [0.2, 0.25) is 0 Å². The smallest absolute Gasteiger partial charge is 0.328 e. The molecule has 0 unspecified atom stereocenters. The van der Waals surface area contributed by atoms with Crippen LogP contribution in [0.4, 0.5) is 0 Å². The van der Waals surface area contributed by atoms with Gasteiger partial charge in [-0.3, -0.25) is 0 Å². The Kier molecular flexibility index (Phi) is 13.7. The predicted molar refractivity (Wildman–Crippen MR) is 82.3 cm³/mol. The average Bonchev–Trinajstić information content (AvgIpc) is 2.39. The summed E-state index contributed by atoms with van der Waals surface area (Å²) in [4.78, 5) is 10.2. The van der Waals surface area contributed by atoms with Crippen molar-refractivity contribution in [3.05, 3.63) is 36.5 Å². The number of carbonyl (C=O) groups is 1. The van der Waals surface area contributed by atoms with E-state index in [1.54, 1.807) is 12.2 Å². The number of hydrogen-bond donors (Lipinski definition) is 1. The van der Waals surface area contributed by atoms with Gasteiger partial charge >= 0.3 is 5.97 Å². The van der Waals surface area contributed by atoms with Crippen LogP contribution in [-0.2, 0) is 4.79 Å². The van der Waals surface area contributed by atoms with Gasteiger partial charge in [0.05, 0.1) is 0 Å². The Hall–Kier alpha value is -1.31. The van der Waals surface area contributed by atoms with E-state index in [0.717, 1.165) is 18.9 Å². The van der Waals surface area contributed by atoms with Gasteiger partial charge in [0, 0.05) is 6.08 Å². The molecule has 2 heteroatoms. The van der Waals surface area contributed by atoms with Gasteiger partial charge in [-0.25, -0.2) is 4.79 Å². The van der Waals surface area contributed by atoms with Gasteiger partial charge in [0.25, 0.3) is 0 Å². The molecule has 0 aliphatic rings. The van der Waals surface area contributed by atoms with Crippen LogP contribution in [0, 0.1) is 0 Å². The summed E-state index contributed by atoms with van der Waals surface area (Å²) < 4.78 is 0. The molecule has 0 rings (SSSR count). The van der Waals surface area contributed by atoms with Gasteiger partial charge in [-0.05, 0) is 25.7 Å². The molecule has 0 aromatic carbocycles. The molecule has 0 bridgehead atoms. The molecule has 2 nitrogen and oxygen atoms in total. The molecule has 0 aromatic heterocycles. The Balaban J connectivity index is 3.28. The van der Waals surface area contributed by atoms with Crippen LogP contribution in [0.5, 0.6) is 0 Å². The summed E-state index contributed by atoms with van der Waals surface area (Å²) in [5, 5.41) is 8.37. The fourth-order valence-electron chi connectivity index (χ4n) is 1.78. The van der Waals surface area contributed by atoms with Crippen LogP contribution in [-0.4, -0.2) is 11.1 Å². The zero-order valence-corrected chi connectivity index (χ0v) is 12.2. The number of carboxylic acids is 1. The first-order chi connectivity index (χ1) is 9.27. The van der Waals surface area contributed by atoms with Crippen LogP contribution in [0.25, 0.3) is 0 Å². The molecule has 0 heterocycles. The molecule has 19 heavy (non-hydrogen) atoms. The summed E-state index contributed by atoms with van der Waals surface area (Å²) in [6, 6.07) is 0. The summed E-state index contributed by atoms with van der Waals surface area (Å²) in [6.07, 6.45) is 22.3. The standard InChI is InChI=1S/C17H28O2/c1-2-3-4-5-6-7-8-9-10-11-12-13-14-15-16-17(18)19/h9-10,13-16H,2-8,11-12H2,1H3,(H,18,19). The van der Waals surface area contributed by atoms with E-state index < -0.39 is 5.97 Å². The summed E-state index contributed by atoms with van der Waals surface area (Å²) >= 11 is 0. The summed E-state index contributed by atoms with van der Waals surface area (Å²) in [7, 11) is 0. The van der Waals surface area contributed by atoms with E-state index in [9.17, 15) is 4.79 Å². The minimum atomic E-state index is -0.900. The van der Waals surface area contributed by atoms with E-state index in [1.165, 1.54) is 44.9 Å². The predicted octanol–water partition coefficient (Wildman–Crippen LogP) is 5.27. The molecule has 1 N–H and O–H groups in total. The van der Waals surface area contributed by atoms with Crippen molar-refractivity contribution >= 4 is 5.97 Å². The molecular formula is C17H28O2. The summed E-state index contributed by atoms with van der Waals surface area (Å²) in [5.41, 5.74) is 0. The first-order valence-corrected chi connectivity index (χ1v) is 7.48. The highest BCUT2D eigenvalue weighted by Crippen LogP contribution is 2.07. The van der Waals surface area contributed by atoms with E-state index >= 15 is 0 Å². The van der Waals surface area contributed by atoms with Crippen molar-refractivity contribution in [3.63, 3.8) is 0 Å². The fraction of sp³-hybridized carbons (Fsp3) is 0.588. The number of aliphatic carboxylic acids is 1.